The zero-order chi connectivity index (χ0) is 14.5. The molecule has 0 atom stereocenters. The molecule has 0 saturated carbocycles. The topological polar surface area (TPSA) is 66.8 Å². The van der Waals surface area contributed by atoms with Gasteiger partial charge in [0.15, 0.2) is 0 Å². The Labute approximate surface area is 114 Å². The molecule has 0 radical (unpaired) electrons. The van der Waals surface area contributed by atoms with Gasteiger partial charge in [-0.3, -0.25) is 9.59 Å². The maximum atomic E-state index is 11.9. The van der Waals surface area contributed by atoms with Gasteiger partial charge in [0.2, 0.25) is 5.91 Å². The van der Waals surface area contributed by atoms with Crippen molar-refractivity contribution in [3.05, 3.63) is 0 Å². The van der Waals surface area contributed by atoms with E-state index in [-0.39, 0.29) is 18.6 Å². The van der Waals surface area contributed by atoms with Gasteiger partial charge in [0.05, 0.1) is 11.5 Å². The largest absolute Gasteiger partial charge is 0.481 e. The fraction of sp³-hybridized carbons (Fsp3) is 0.857. The average Bonchev–Trinajstić information content (AvgIpc) is 2.37. The van der Waals surface area contributed by atoms with E-state index < -0.39 is 11.4 Å². The van der Waals surface area contributed by atoms with Gasteiger partial charge in [-0.25, -0.2) is 0 Å². The van der Waals surface area contributed by atoms with Crippen molar-refractivity contribution in [1.29, 1.82) is 0 Å². The van der Waals surface area contributed by atoms with Crippen molar-refractivity contribution >= 4 is 11.9 Å². The van der Waals surface area contributed by atoms with Crippen molar-refractivity contribution in [3.8, 4) is 0 Å². The van der Waals surface area contributed by atoms with Crippen molar-refractivity contribution in [2.45, 2.75) is 52.6 Å². The Kier molecular flexibility index (Phi) is 5.79. The summed E-state index contributed by atoms with van der Waals surface area (Å²) in [4.78, 5) is 25.0. The standard InChI is InChI=1S/C14H25NO4/c1-4-5-14(13(17)18)6-8-15(9-7-14)12(16)10-19-11(2)3/h11H,4-10H2,1-3H3,(H,17,18). The van der Waals surface area contributed by atoms with Crippen molar-refractivity contribution in [2.24, 2.45) is 5.41 Å². The minimum absolute atomic E-state index is 0.0342. The zero-order valence-electron chi connectivity index (χ0n) is 12.1. The summed E-state index contributed by atoms with van der Waals surface area (Å²) in [6.07, 6.45) is 2.67. The first-order chi connectivity index (χ1) is 8.91. The molecule has 1 heterocycles. The van der Waals surface area contributed by atoms with Gasteiger partial charge < -0.3 is 14.7 Å². The first kappa shape index (κ1) is 16.0. The van der Waals surface area contributed by atoms with E-state index in [1.807, 2.05) is 20.8 Å². The summed E-state index contributed by atoms with van der Waals surface area (Å²) in [5, 5.41) is 9.39. The van der Waals surface area contributed by atoms with Gasteiger partial charge in [0.1, 0.15) is 6.61 Å². The van der Waals surface area contributed by atoms with Crippen LogP contribution in [-0.4, -0.2) is 47.7 Å². The van der Waals surface area contributed by atoms with E-state index in [1.165, 1.54) is 0 Å². The maximum Gasteiger partial charge on any atom is 0.309 e. The number of aliphatic carboxylic acids is 1. The van der Waals surface area contributed by atoms with Crippen molar-refractivity contribution in [1.82, 2.24) is 4.90 Å². The van der Waals surface area contributed by atoms with E-state index in [9.17, 15) is 14.7 Å². The highest BCUT2D eigenvalue weighted by Crippen LogP contribution is 2.36. The molecule has 0 aromatic heterocycles. The Bertz CT molecular complexity index is 319. The van der Waals surface area contributed by atoms with Gasteiger partial charge in [0.25, 0.3) is 0 Å². The summed E-state index contributed by atoms with van der Waals surface area (Å²) >= 11 is 0. The third kappa shape index (κ3) is 4.20. The molecule has 1 N–H and O–H groups in total. The molecule has 1 aliphatic heterocycles. The molecule has 1 aliphatic rings. The van der Waals surface area contributed by atoms with Crippen LogP contribution < -0.4 is 0 Å². The zero-order valence-corrected chi connectivity index (χ0v) is 12.1. The van der Waals surface area contributed by atoms with Gasteiger partial charge in [0, 0.05) is 13.1 Å². The number of amides is 1. The molecule has 0 aromatic rings. The summed E-state index contributed by atoms with van der Waals surface area (Å²) in [6.45, 7) is 6.91. The molecule has 1 fully saturated rings. The Balaban J connectivity index is 2.51. The second-order valence-electron chi connectivity index (χ2n) is 5.58. The van der Waals surface area contributed by atoms with Crippen molar-refractivity contribution < 1.29 is 19.4 Å². The van der Waals surface area contributed by atoms with Crippen LogP contribution in [-0.2, 0) is 14.3 Å². The summed E-state index contributed by atoms with van der Waals surface area (Å²) < 4.78 is 5.30. The van der Waals surface area contributed by atoms with Crippen LogP contribution in [0.3, 0.4) is 0 Å². The SMILES string of the molecule is CCCC1(C(=O)O)CCN(C(=O)COC(C)C)CC1. The number of carbonyl (C=O) groups excluding carboxylic acids is 1. The highest BCUT2D eigenvalue weighted by atomic mass is 16.5. The lowest BCUT2D eigenvalue weighted by Gasteiger charge is -2.38. The summed E-state index contributed by atoms with van der Waals surface area (Å²) in [6, 6.07) is 0. The normalized spacial score (nSPS) is 18.6. The Morgan fingerprint density at radius 1 is 1.32 bits per heavy atom. The summed E-state index contributed by atoms with van der Waals surface area (Å²) in [5.74, 6) is -0.760. The van der Waals surface area contributed by atoms with Crippen LogP contribution in [0, 0.1) is 5.41 Å². The van der Waals surface area contributed by atoms with E-state index >= 15 is 0 Å². The third-order valence-corrected chi connectivity index (χ3v) is 3.80. The van der Waals surface area contributed by atoms with Crippen molar-refractivity contribution in [3.63, 3.8) is 0 Å². The minimum atomic E-state index is -0.722. The number of rotatable bonds is 6. The fourth-order valence-corrected chi connectivity index (χ4v) is 2.56. The number of likely N-dealkylation sites (tertiary alicyclic amines) is 1. The molecule has 0 bridgehead atoms. The predicted octanol–water partition coefficient (Wildman–Crippen LogP) is 1.90. The van der Waals surface area contributed by atoms with Crippen LogP contribution in [0.1, 0.15) is 46.5 Å². The Hall–Kier alpha value is -1.10. The van der Waals surface area contributed by atoms with Crippen LogP contribution in [0.5, 0.6) is 0 Å². The lowest BCUT2D eigenvalue weighted by Crippen LogP contribution is -2.47. The molecule has 1 saturated heterocycles. The lowest BCUT2D eigenvalue weighted by molar-refractivity contribution is -0.156. The fourth-order valence-electron chi connectivity index (χ4n) is 2.56. The number of hydrogen-bond acceptors (Lipinski definition) is 3. The molecule has 5 heteroatoms. The van der Waals surface area contributed by atoms with E-state index in [4.69, 9.17) is 4.74 Å². The van der Waals surface area contributed by atoms with Crippen molar-refractivity contribution in [2.75, 3.05) is 19.7 Å². The molecule has 1 rings (SSSR count). The van der Waals surface area contributed by atoms with E-state index in [1.54, 1.807) is 4.90 Å². The number of carboxylic acid groups (broad SMARTS) is 1. The molecule has 110 valence electrons. The predicted molar refractivity (Wildman–Crippen MR) is 71.9 cm³/mol. The number of carbonyl (C=O) groups is 2. The maximum absolute atomic E-state index is 11.9. The number of carboxylic acids is 1. The molecule has 5 nitrogen and oxygen atoms in total. The van der Waals surface area contributed by atoms with Crippen LogP contribution in [0.25, 0.3) is 0 Å². The number of ether oxygens (including phenoxy) is 1. The highest BCUT2D eigenvalue weighted by molar-refractivity contribution is 5.79. The second-order valence-corrected chi connectivity index (χ2v) is 5.58. The van der Waals surface area contributed by atoms with E-state index in [0.29, 0.717) is 32.4 Å². The van der Waals surface area contributed by atoms with Crippen LogP contribution in [0.15, 0.2) is 0 Å². The third-order valence-electron chi connectivity index (χ3n) is 3.80. The molecule has 1 amide bonds. The summed E-state index contributed by atoms with van der Waals surface area (Å²) in [5.41, 5.74) is -0.634. The highest BCUT2D eigenvalue weighted by Gasteiger charge is 2.41. The number of piperidine rings is 1. The Morgan fingerprint density at radius 2 is 1.89 bits per heavy atom. The van der Waals surface area contributed by atoms with Gasteiger partial charge >= 0.3 is 5.97 Å². The van der Waals surface area contributed by atoms with Crippen LogP contribution in [0.4, 0.5) is 0 Å². The smallest absolute Gasteiger partial charge is 0.309 e. The van der Waals surface area contributed by atoms with Crippen LogP contribution >= 0.6 is 0 Å². The number of hydrogen-bond donors (Lipinski definition) is 1. The molecular weight excluding hydrogens is 246 g/mol. The van der Waals surface area contributed by atoms with Gasteiger partial charge in [-0.05, 0) is 33.1 Å². The number of nitrogens with zero attached hydrogens (tertiary/aromatic N) is 1. The van der Waals surface area contributed by atoms with Crippen LogP contribution in [0.2, 0.25) is 0 Å². The Morgan fingerprint density at radius 3 is 2.32 bits per heavy atom. The van der Waals surface area contributed by atoms with Gasteiger partial charge in [-0.2, -0.15) is 0 Å². The second kappa shape index (κ2) is 6.89. The molecule has 0 spiro atoms. The summed E-state index contributed by atoms with van der Waals surface area (Å²) in [7, 11) is 0. The molecule has 0 aromatic carbocycles. The van der Waals surface area contributed by atoms with Gasteiger partial charge in [-0.15, -0.1) is 0 Å². The molecule has 19 heavy (non-hydrogen) atoms. The first-order valence-corrected chi connectivity index (χ1v) is 7.04. The first-order valence-electron chi connectivity index (χ1n) is 7.04. The van der Waals surface area contributed by atoms with Gasteiger partial charge in [-0.1, -0.05) is 13.3 Å². The van der Waals surface area contributed by atoms with E-state index in [2.05, 4.69) is 0 Å². The van der Waals surface area contributed by atoms with E-state index in [0.717, 1.165) is 6.42 Å². The monoisotopic (exact) mass is 271 g/mol. The lowest BCUT2D eigenvalue weighted by atomic mass is 9.75. The molecule has 0 unspecified atom stereocenters. The molecule has 0 aliphatic carbocycles. The molecular formula is C14H25NO4. The average molecular weight is 271 g/mol. The minimum Gasteiger partial charge on any atom is -0.481 e. The quantitative estimate of drug-likeness (QED) is 0.801.